The van der Waals surface area contributed by atoms with Crippen LogP contribution in [0.1, 0.15) is 16.9 Å². The van der Waals surface area contributed by atoms with Crippen LogP contribution in [0.2, 0.25) is 5.02 Å². The molecule has 5 heteroatoms. The lowest BCUT2D eigenvalue weighted by Crippen LogP contribution is -2.26. The topological polar surface area (TPSA) is 20.3 Å². The first-order valence-corrected chi connectivity index (χ1v) is 8.96. The summed E-state index contributed by atoms with van der Waals surface area (Å²) in [5.74, 6) is 0.970. The Morgan fingerprint density at radius 1 is 1.29 bits per heavy atom. The molecule has 2 rings (SSSR count). The highest BCUT2D eigenvalue weighted by Gasteiger charge is 2.11. The van der Waals surface area contributed by atoms with Gasteiger partial charge in [-0.3, -0.25) is 4.79 Å². The molecule has 0 unspecified atom stereocenters. The molecule has 0 saturated heterocycles. The molecule has 0 fully saturated rings. The van der Waals surface area contributed by atoms with Crippen molar-refractivity contribution in [2.45, 2.75) is 24.8 Å². The fraction of sp³-hybridized carbons (Fsp3) is 0.312. The van der Waals surface area contributed by atoms with E-state index >= 15 is 0 Å². The molecule has 0 radical (unpaired) electrons. The first kappa shape index (κ1) is 16.4. The van der Waals surface area contributed by atoms with E-state index in [1.807, 2.05) is 31.3 Å². The van der Waals surface area contributed by atoms with Crippen LogP contribution < -0.4 is 0 Å². The number of nitrogens with zero attached hydrogens (tertiary/aromatic N) is 1. The maximum Gasteiger partial charge on any atom is 0.223 e. The molecule has 1 aromatic heterocycles. The normalized spacial score (nSPS) is 10.6. The zero-order valence-corrected chi connectivity index (χ0v) is 14.5. The third kappa shape index (κ3) is 5.06. The molecule has 21 heavy (non-hydrogen) atoms. The van der Waals surface area contributed by atoms with Gasteiger partial charge in [0.15, 0.2) is 0 Å². The quantitative estimate of drug-likeness (QED) is 0.701. The molecule has 0 saturated carbocycles. The Labute approximate surface area is 139 Å². The standard InChI is InChI=1S/C16H18ClNOS2/c1-12-7-9-21-15(12)11-18(2)16(19)8-10-20-14-5-3-13(17)4-6-14/h3-7,9H,8,10-11H2,1-2H3. The number of hydrogen-bond donors (Lipinski definition) is 0. The van der Waals surface area contributed by atoms with Crippen LogP contribution in [-0.4, -0.2) is 23.6 Å². The zero-order chi connectivity index (χ0) is 15.2. The largest absolute Gasteiger partial charge is 0.341 e. The van der Waals surface area contributed by atoms with Gasteiger partial charge in [-0.2, -0.15) is 0 Å². The van der Waals surface area contributed by atoms with Crippen molar-refractivity contribution in [3.8, 4) is 0 Å². The molecule has 0 N–H and O–H groups in total. The third-order valence-electron chi connectivity index (χ3n) is 3.17. The average molecular weight is 340 g/mol. The van der Waals surface area contributed by atoms with Crippen molar-refractivity contribution in [1.82, 2.24) is 4.90 Å². The van der Waals surface area contributed by atoms with E-state index in [1.165, 1.54) is 10.4 Å². The Hall–Kier alpha value is -0.970. The van der Waals surface area contributed by atoms with E-state index in [1.54, 1.807) is 28.0 Å². The Balaban J connectivity index is 1.76. The number of carbonyl (C=O) groups is 1. The van der Waals surface area contributed by atoms with E-state index in [-0.39, 0.29) is 5.91 Å². The lowest BCUT2D eigenvalue weighted by atomic mass is 10.3. The SMILES string of the molecule is Cc1ccsc1CN(C)C(=O)CCSc1ccc(Cl)cc1. The van der Waals surface area contributed by atoms with Crippen LogP contribution >= 0.6 is 34.7 Å². The van der Waals surface area contributed by atoms with Crippen LogP contribution in [0.25, 0.3) is 0 Å². The molecule has 2 nitrogen and oxygen atoms in total. The second kappa shape index (κ2) is 7.87. The number of halogens is 1. The van der Waals surface area contributed by atoms with E-state index in [4.69, 9.17) is 11.6 Å². The molecule has 0 aliphatic rings. The van der Waals surface area contributed by atoms with Crippen molar-refractivity contribution in [2.24, 2.45) is 0 Å². The highest BCUT2D eigenvalue weighted by Crippen LogP contribution is 2.22. The second-order valence-electron chi connectivity index (χ2n) is 4.83. The molecule has 1 heterocycles. The minimum Gasteiger partial charge on any atom is -0.341 e. The van der Waals surface area contributed by atoms with Crippen molar-refractivity contribution < 1.29 is 4.79 Å². The molecule has 1 aromatic carbocycles. The lowest BCUT2D eigenvalue weighted by molar-refractivity contribution is -0.129. The summed E-state index contributed by atoms with van der Waals surface area (Å²) < 4.78 is 0. The molecule has 0 aliphatic heterocycles. The number of benzene rings is 1. The Morgan fingerprint density at radius 3 is 2.62 bits per heavy atom. The molecule has 2 aromatic rings. The summed E-state index contributed by atoms with van der Waals surface area (Å²) in [4.78, 5) is 16.3. The Kier molecular flexibility index (Phi) is 6.15. The van der Waals surface area contributed by atoms with Crippen molar-refractivity contribution >= 4 is 40.6 Å². The average Bonchev–Trinajstić information content (AvgIpc) is 2.86. The number of amides is 1. The number of thioether (sulfide) groups is 1. The maximum absolute atomic E-state index is 12.1. The van der Waals surface area contributed by atoms with Crippen LogP contribution in [-0.2, 0) is 11.3 Å². The molecule has 0 spiro atoms. The molecular weight excluding hydrogens is 322 g/mol. The molecule has 112 valence electrons. The van der Waals surface area contributed by atoms with Crippen molar-refractivity contribution in [2.75, 3.05) is 12.8 Å². The van der Waals surface area contributed by atoms with Gasteiger partial charge in [-0.05, 0) is 48.2 Å². The maximum atomic E-state index is 12.1. The molecule has 0 atom stereocenters. The van der Waals surface area contributed by atoms with Crippen molar-refractivity contribution in [3.63, 3.8) is 0 Å². The van der Waals surface area contributed by atoms with E-state index < -0.39 is 0 Å². The summed E-state index contributed by atoms with van der Waals surface area (Å²) in [7, 11) is 1.87. The van der Waals surface area contributed by atoms with Gasteiger partial charge in [0.05, 0.1) is 6.54 Å². The van der Waals surface area contributed by atoms with Crippen molar-refractivity contribution in [3.05, 3.63) is 51.2 Å². The van der Waals surface area contributed by atoms with Gasteiger partial charge in [-0.1, -0.05) is 11.6 Å². The lowest BCUT2D eigenvalue weighted by Gasteiger charge is -2.16. The predicted molar refractivity (Wildman–Crippen MR) is 92.3 cm³/mol. The first-order valence-electron chi connectivity index (χ1n) is 6.71. The Bertz CT molecular complexity index is 595. The second-order valence-corrected chi connectivity index (χ2v) is 7.43. The van der Waals surface area contributed by atoms with E-state index in [0.29, 0.717) is 13.0 Å². The van der Waals surface area contributed by atoms with Gasteiger partial charge in [0, 0.05) is 34.0 Å². The smallest absolute Gasteiger partial charge is 0.223 e. The minimum absolute atomic E-state index is 0.185. The monoisotopic (exact) mass is 339 g/mol. The van der Waals surface area contributed by atoms with Gasteiger partial charge >= 0.3 is 0 Å². The van der Waals surface area contributed by atoms with E-state index in [2.05, 4.69) is 18.4 Å². The number of aryl methyl sites for hydroxylation is 1. The molecule has 0 bridgehead atoms. The summed E-state index contributed by atoms with van der Waals surface area (Å²) in [6.45, 7) is 2.79. The van der Waals surface area contributed by atoms with Gasteiger partial charge in [-0.25, -0.2) is 0 Å². The molecule has 1 amide bonds. The third-order valence-corrected chi connectivity index (χ3v) is 5.45. The van der Waals surface area contributed by atoms with Gasteiger partial charge in [0.2, 0.25) is 5.91 Å². The molecular formula is C16H18ClNOS2. The van der Waals surface area contributed by atoms with Crippen LogP contribution in [0.4, 0.5) is 0 Å². The fourth-order valence-electron chi connectivity index (χ4n) is 1.85. The first-order chi connectivity index (χ1) is 10.1. The summed E-state index contributed by atoms with van der Waals surface area (Å²) in [6.07, 6.45) is 0.550. The Morgan fingerprint density at radius 2 is 2.00 bits per heavy atom. The van der Waals surface area contributed by atoms with E-state index in [0.717, 1.165) is 15.7 Å². The highest BCUT2D eigenvalue weighted by atomic mass is 35.5. The summed E-state index contributed by atoms with van der Waals surface area (Å²) in [5.41, 5.74) is 1.26. The fourth-order valence-corrected chi connectivity index (χ4v) is 3.77. The van der Waals surface area contributed by atoms with Crippen LogP contribution in [0.5, 0.6) is 0 Å². The van der Waals surface area contributed by atoms with E-state index in [9.17, 15) is 4.79 Å². The minimum atomic E-state index is 0.185. The zero-order valence-electron chi connectivity index (χ0n) is 12.1. The van der Waals surface area contributed by atoms with Crippen molar-refractivity contribution in [1.29, 1.82) is 0 Å². The number of rotatable bonds is 6. The highest BCUT2D eigenvalue weighted by molar-refractivity contribution is 7.99. The van der Waals surface area contributed by atoms with Gasteiger partial charge in [0.25, 0.3) is 0 Å². The predicted octanol–water partition coefficient (Wildman–Crippen LogP) is 4.85. The van der Waals surface area contributed by atoms with Crippen LogP contribution in [0.3, 0.4) is 0 Å². The molecule has 0 aliphatic carbocycles. The summed E-state index contributed by atoms with van der Waals surface area (Å²) in [5, 5.41) is 2.81. The van der Waals surface area contributed by atoms with Gasteiger partial charge in [0.1, 0.15) is 0 Å². The van der Waals surface area contributed by atoms with Crippen LogP contribution in [0.15, 0.2) is 40.6 Å². The summed E-state index contributed by atoms with van der Waals surface area (Å²) in [6, 6.07) is 9.80. The van der Waals surface area contributed by atoms with Crippen LogP contribution in [0, 0.1) is 6.92 Å². The summed E-state index contributed by atoms with van der Waals surface area (Å²) >= 11 is 9.24. The van der Waals surface area contributed by atoms with Gasteiger partial charge < -0.3 is 4.90 Å². The number of thiophene rings is 1. The number of hydrogen-bond acceptors (Lipinski definition) is 3. The van der Waals surface area contributed by atoms with Gasteiger partial charge in [-0.15, -0.1) is 23.1 Å². The number of carbonyl (C=O) groups excluding carboxylic acids is 1.